The predicted molar refractivity (Wildman–Crippen MR) is 112 cm³/mol. The van der Waals surface area contributed by atoms with Gasteiger partial charge in [-0.15, -0.1) is 0 Å². The second-order valence-corrected chi connectivity index (χ2v) is 7.54. The third kappa shape index (κ3) is 5.74. The predicted octanol–water partition coefficient (Wildman–Crippen LogP) is 2.19. The molecule has 2 heterocycles. The van der Waals surface area contributed by atoms with Crippen molar-refractivity contribution in [1.82, 2.24) is 20.0 Å². The molecule has 7 heteroatoms. The standard InChI is InChI=1S/C22H30N4O3/c1-17-7-5-6-12-25(17)16-19-9-4-3-8-18(19)15-23-22(28)20-10-11-21(27)26(24-20)13-14-29-2/h3-4,8-11,17H,5-7,12-16H2,1-2H3,(H,23,28). The van der Waals surface area contributed by atoms with Gasteiger partial charge >= 0.3 is 0 Å². The first-order valence-corrected chi connectivity index (χ1v) is 10.2. The highest BCUT2D eigenvalue weighted by molar-refractivity contribution is 5.91. The number of methoxy groups -OCH3 is 1. The van der Waals surface area contributed by atoms with Crippen molar-refractivity contribution in [1.29, 1.82) is 0 Å². The zero-order chi connectivity index (χ0) is 20.6. The summed E-state index contributed by atoms with van der Waals surface area (Å²) in [6, 6.07) is 11.6. The van der Waals surface area contributed by atoms with Crippen molar-refractivity contribution >= 4 is 5.91 Å². The lowest BCUT2D eigenvalue weighted by Crippen LogP contribution is -2.37. The Morgan fingerprint density at radius 1 is 1.21 bits per heavy atom. The molecule has 1 atom stereocenters. The second kappa shape index (κ2) is 10.3. The summed E-state index contributed by atoms with van der Waals surface area (Å²) in [6.07, 6.45) is 3.78. The van der Waals surface area contributed by atoms with E-state index < -0.39 is 0 Å². The van der Waals surface area contributed by atoms with Crippen LogP contribution in [0.2, 0.25) is 0 Å². The van der Waals surface area contributed by atoms with Crippen LogP contribution < -0.4 is 10.9 Å². The minimum atomic E-state index is -0.294. The van der Waals surface area contributed by atoms with Gasteiger partial charge < -0.3 is 10.1 Å². The van der Waals surface area contributed by atoms with E-state index in [1.54, 1.807) is 7.11 Å². The molecule has 2 aromatic rings. The van der Waals surface area contributed by atoms with Crippen molar-refractivity contribution in [3.63, 3.8) is 0 Å². The van der Waals surface area contributed by atoms with E-state index in [2.05, 4.69) is 34.4 Å². The Balaban J connectivity index is 1.65. The number of hydrogen-bond donors (Lipinski definition) is 1. The summed E-state index contributed by atoms with van der Waals surface area (Å²) >= 11 is 0. The molecule has 1 amide bonds. The average Bonchev–Trinajstić information content (AvgIpc) is 2.74. The van der Waals surface area contributed by atoms with Gasteiger partial charge in [0, 0.05) is 32.3 Å². The van der Waals surface area contributed by atoms with Gasteiger partial charge in [0.25, 0.3) is 11.5 Å². The van der Waals surface area contributed by atoms with Crippen LogP contribution in [0.3, 0.4) is 0 Å². The first-order chi connectivity index (χ1) is 14.1. The normalized spacial score (nSPS) is 17.2. The first kappa shape index (κ1) is 21.2. The largest absolute Gasteiger partial charge is 0.383 e. The van der Waals surface area contributed by atoms with Crippen LogP contribution >= 0.6 is 0 Å². The van der Waals surface area contributed by atoms with Gasteiger partial charge in [0.1, 0.15) is 5.69 Å². The lowest BCUT2D eigenvalue weighted by molar-refractivity contribution is 0.0941. The number of carbonyl (C=O) groups is 1. The number of benzene rings is 1. The lowest BCUT2D eigenvalue weighted by atomic mass is 10.0. The highest BCUT2D eigenvalue weighted by atomic mass is 16.5. The molecule has 0 spiro atoms. The van der Waals surface area contributed by atoms with Crippen LogP contribution in [-0.2, 0) is 24.4 Å². The molecular formula is C22H30N4O3. The van der Waals surface area contributed by atoms with Crippen molar-refractivity contribution in [3.05, 3.63) is 63.6 Å². The third-order valence-electron chi connectivity index (χ3n) is 5.48. The molecule has 0 aliphatic carbocycles. The van der Waals surface area contributed by atoms with Gasteiger partial charge in [-0.2, -0.15) is 5.10 Å². The molecule has 1 saturated heterocycles. The quantitative estimate of drug-likeness (QED) is 0.738. The molecule has 1 aliphatic rings. The first-order valence-electron chi connectivity index (χ1n) is 10.2. The van der Waals surface area contributed by atoms with Crippen molar-refractivity contribution < 1.29 is 9.53 Å². The van der Waals surface area contributed by atoms with E-state index in [-0.39, 0.29) is 17.2 Å². The smallest absolute Gasteiger partial charge is 0.271 e. The molecule has 0 bridgehead atoms. The fourth-order valence-corrected chi connectivity index (χ4v) is 3.67. The summed E-state index contributed by atoms with van der Waals surface area (Å²) in [5.41, 5.74) is 2.31. The molecule has 3 rings (SSSR count). The minimum absolute atomic E-state index is 0.225. The van der Waals surface area contributed by atoms with Gasteiger partial charge in [-0.3, -0.25) is 14.5 Å². The molecule has 1 unspecified atom stereocenters. The number of hydrogen-bond acceptors (Lipinski definition) is 5. The lowest BCUT2D eigenvalue weighted by Gasteiger charge is -2.33. The van der Waals surface area contributed by atoms with Crippen LogP contribution in [-0.4, -0.2) is 46.9 Å². The Labute approximate surface area is 171 Å². The summed E-state index contributed by atoms with van der Waals surface area (Å²) in [5, 5.41) is 7.09. The van der Waals surface area contributed by atoms with Gasteiger partial charge in [-0.25, -0.2) is 4.68 Å². The summed E-state index contributed by atoms with van der Waals surface area (Å²) in [7, 11) is 1.56. The molecule has 0 radical (unpaired) electrons. The molecule has 1 aliphatic heterocycles. The average molecular weight is 399 g/mol. The number of piperidine rings is 1. The van der Waals surface area contributed by atoms with Gasteiger partial charge in [-0.05, 0) is 43.5 Å². The highest BCUT2D eigenvalue weighted by Gasteiger charge is 2.19. The zero-order valence-corrected chi connectivity index (χ0v) is 17.3. The molecule has 1 fully saturated rings. The van der Waals surface area contributed by atoms with Gasteiger partial charge in [0.05, 0.1) is 13.2 Å². The maximum atomic E-state index is 12.6. The van der Waals surface area contributed by atoms with Gasteiger partial charge in [0.2, 0.25) is 0 Å². The Kier molecular flexibility index (Phi) is 7.55. The third-order valence-corrected chi connectivity index (χ3v) is 5.48. The summed E-state index contributed by atoms with van der Waals surface area (Å²) in [6.45, 7) is 5.40. The van der Waals surface area contributed by atoms with E-state index in [4.69, 9.17) is 4.74 Å². The minimum Gasteiger partial charge on any atom is -0.383 e. The van der Waals surface area contributed by atoms with Crippen molar-refractivity contribution in [2.24, 2.45) is 0 Å². The maximum absolute atomic E-state index is 12.6. The van der Waals surface area contributed by atoms with Crippen LogP contribution in [0.1, 0.15) is 47.8 Å². The Bertz CT molecular complexity index is 880. The number of nitrogens with one attached hydrogen (secondary N) is 1. The molecule has 1 aromatic heterocycles. The van der Waals surface area contributed by atoms with E-state index in [1.165, 1.54) is 41.6 Å². The van der Waals surface area contributed by atoms with E-state index in [1.807, 2.05) is 12.1 Å². The maximum Gasteiger partial charge on any atom is 0.271 e. The SMILES string of the molecule is COCCn1nc(C(=O)NCc2ccccc2CN2CCCCC2C)ccc1=O. The molecular weight excluding hydrogens is 368 g/mol. The summed E-state index contributed by atoms with van der Waals surface area (Å²) in [4.78, 5) is 26.9. The highest BCUT2D eigenvalue weighted by Crippen LogP contribution is 2.20. The number of nitrogens with zero attached hydrogens (tertiary/aromatic N) is 3. The molecule has 1 aromatic carbocycles. The van der Waals surface area contributed by atoms with Gasteiger partial charge in [-0.1, -0.05) is 30.7 Å². The van der Waals surface area contributed by atoms with Gasteiger partial charge in [0.15, 0.2) is 0 Å². The number of ether oxygens (including phenoxy) is 1. The molecule has 1 N–H and O–H groups in total. The van der Waals surface area contributed by atoms with E-state index >= 15 is 0 Å². The Hall–Kier alpha value is -2.51. The van der Waals surface area contributed by atoms with Crippen LogP contribution in [0, 0.1) is 0 Å². The number of amides is 1. The number of carbonyl (C=O) groups excluding carboxylic acids is 1. The topological polar surface area (TPSA) is 76.5 Å². The summed E-state index contributed by atoms with van der Waals surface area (Å²) < 4.78 is 6.24. The number of rotatable bonds is 8. The molecule has 0 saturated carbocycles. The fraction of sp³-hybridized carbons (Fsp3) is 0.500. The Morgan fingerprint density at radius 2 is 2.00 bits per heavy atom. The fourth-order valence-electron chi connectivity index (χ4n) is 3.67. The molecule has 7 nitrogen and oxygen atoms in total. The van der Waals surface area contributed by atoms with Crippen LogP contribution in [0.5, 0.6) is 0 Å². The van der Waals surface area contributed by atoms with E-state index in [0.717, 1.165) is 18.7 Å². The van der Waals surface area contributed by atoms with Crippen molar-refractivity contribution in [3.8, 4) is 0 Å². The van der Waals surface area contributed by atoms with Crippen LogP contribution in [0.25, 0.3) is 0 Å². The zero-order valence-electron chi connectivity index (χ0n) is 17.3. The Morgan fingerprint density at radius 3 is 2.76 bits per heavy atom. The summed E-state index contributed by atoms with van der Waals surface area (Å²) in [5.74, 6) is -0.294. The van der Waals surface area contributed by atoms with E-state index in [9.17, 15) is 9.59 Å². The van der Waals surface area contributed by atoms with E-state index in [0.29, 0.717) is 25.7 Å². The van der Waals surface area contributed by atoms with Crippen molar-refractivity contribution in [2.45, 2.75) is 51.9 Å². The van der Waals surface area contributed by atoms with Crippen LogP contribution in [0.4, 0.5) is 0 Å². The second-order valence-electron chi connectivity index (χ2n) is 7.54. The molecule has 156 valence electrons. The number of aromatic nitrogens is 2. The number of likely N-dealkylation sites (tertiary alicyclic amines) is 1. The monoisotopic (exact) mass is 398 g/mol. The molecule has 29 heavy (non-hydrogen) atoms. The van der Waals surface area contributed by atoms with Crippen LogP contribution in [0.15, 0.2) is 41.2 Å². The van der Waals surface area contributed by atoms with Crippen molar-refractivity contribution in [2.75, 3.05) is 20.3 Å².